The van der Waals surface area contributed by atoms with Crippen LogP contribution in [0.25, 0.3) is 0 Å². The van der Waals surface area contributed by atoms with Gasteiger partial charge in [0.1, 0.15) is 24.2 Å². The van der Waals surface area contributed by atoms with Gasteiger partial charge in [-0.2, -0.15) is 5.21 Å². The van der Waals surface area contributed by atoms with Crippen LogP contribution < -0.4 is 27.0 Å². The van der Waals surface area contributed by atoms with Crippen LogP contribution >= 0.6 is 0 Å². The number of amides is 5. The molecule has 0 radical (unpaired) electrons. The lowest BCUT2D eigenvalue weighted by Gasteiger charge is -2.34. The number of hydrogen-bond acceptors (Lipinski definition) is 10. The summed E-state index contributed by atoms with van der Waals surface area (Å²) in [6.45, 7) is 11.1. The van der Waals surface area contributed by atoms with Crippen molar-refractivity contribution in [3.05, 3.63) is 41.7 Å². The molecule has 296 valence electrons. The van der Waals surface area contributed by atoms with Gasteiger partial charge in [-0.15, -0.1) is 10.2 Å². The van der Waals surface area contributed by atoms with Crippen molar-refractivity contribution in [3.8, 4) is 0 Å². The molecule has 1 saturated carbocycles. The molecule has 4 rings (SSSR count). The van der Waals surface area contributed by atoms with Crippen molar-refractivity contribution in [1.82, 2.24) is 46.8 Å². The Hall–Kier alpha value is -4.73. The third kappa shape index (κ3) is 10.7. The van der Waals surface area contributed by atoms with E-state index in [-0.39, 0.29) is 36.0 Å². The Balaban J connectivity index is 1.45. The molecule has 2 aromatic rings. The maximum Gasteiger partial charge on any atom is 0.290 e. The van der Waals surface area contributed by atoms with Crippen molar-refractivity contribution in [1.29, 1.82) is 0 Å². The molecule has 1 aromatic heterocycles. The number of carbonyl (C=O) groups excluding carboxylic acids is 6. The van der Waals surface area contributed by atoms with Crippen LogP contribution in [0.15, 0.2) is 30.3 Å². The highest BCUT2D eigenvalue weighted by Crippen LogP contribution is 2.42. The Labute approximate surface area is 317 Å². The molecule has 2 aliphatic rings. The number of hydrogen-bond donors (Lipinski definition) is 6. The molecular weight excluding hydrogens is 692 g/mol. The molecular formula is C38H58N10O6. The smallest absolute Gasteiger partial charge is 0.290 e. The number of Topliss-reactive ketones (excluding diaryl/α,β-unsaturated/α-hetero) is 1. The lowest BCUT2D eigenvalue weighted by Crippen LogP contribution is -2.62. The zero-order valence-electron chi connectivity index (χ0n) is 32.3. The molecule has 16 nitrogen and oxygen atoms in total. The molecule has 1 aliphatic carbocycles. The molecule has 1 aromatic carbocycles. The number of unbranched alkanes of at least 4 members (excludes halogenated alkanes) is 1. The van der Waals surface area contributed by atoms with E-state index in [1.165, 1.54) is 4.90 Å². The fourth-order valence-electron chi connectivity index (χ4n) is 7.52. The van der Waals surface area contributed by atoms with Crippen molar-refractivity contribution in [2.45, 2.75) is 129 Å². The maximum absolute atomic E-state index is 14.4. The van der Waals surface area contributed by atoms with Crippen molar-refractivity contribution < 1.29 is 28.8 Å². The number of rotatable bonds is 19. The minimum absolute atomic E-state index is 0.0694. The molecule has 0 bridgehead atoms. The zero-order chi connectivity index (χ0) is 39.5. The number of nitrogens with two attached hydrogens (primary N) is 1. The van der Waals surface area contributed by atoms with E-state index in [1.54, 1.807) is 13.8 Å². The highest BCUT2D eigenvalue weighted by molar-refractivity contribution is 6.38. The molecule has 2 fully saturated rings. The number of aromatic amines is 1. The Kier molecular flexibility index (Phi) is 15.2. The van der Waals surface area contributed by atoms with E-state index in [1.807, 2.05) is 58.0 Å². The van der Waals surface area contributed by atoms with Crippen molar-refractivity contribution in [3.63, 3.8) is 0 Å². The third-order valence-electron chi connectivity index (χ3n) is 10.7. The molecule has 54 heavy (non-hydrogen) atoms. The molecule has 5 amide bonds. The number of carbonyl (C=O) groups is 6. The van der Waals surface area contributed by atoms with Gasteiger partial charge in [-0.05, 0) is 68.3 Å². The van der Waals surface area contributed by atoms with E-state index in [4.69, 9.17) is 5.73 Å². The predicted octanol–water partition coefficient (Wildman–Crippen LogP) is 1.49. The lowest BCUT2D eigenvalue weighted by atomic mass is 9.92. The Morgan fingerprint density at radius 3 is 2.22 bits per heavy atom. The highest BCUT2D eigenvalue weighted by atomic mass is 16.2. The van der Waals surface area contributed by atoms with Crippen LogP contribution in [0, 0.1) is 23.7 Å². The Morgan fingerprint density at radius 1 is 0.889 bits per heavy atom. The van der Waals surface area contributed by atoms with E-state index in [2.05, 4.69) is 41.9 Å². The van der Waals surface area contributed by atoms with Gasteiger partial charge in [-0.25, -0.2) is 0 Å². The van der Waals surface area contributed by atoms with Gasteiger partial charge in [-0.1, -0.05) is 76.6 Å². The van der Waals surface area contributed by atoms with Gasteiger partial charge in [0.25, 0.3) is 5.91 Å². The molecule has 1 aliphatic heterocycles. The van der Waals surface area contributed by atoms with Gasteiger partial charge < -0.3 is 31.9 Å². The van der Waals surface area contributed by atoms with Gasteiger partial charge >= 0.3 is 0 Å². The van der Waals surface area contributed by atoms with E-state index in [0.717, 1.165) is 24.8 Å². The summed E-state index contributed by atoms with van der Waals surface area (Å²) >= 11 is 0. The van der Waals surface area contributed by atoms with Crippen LogP contribution in [0.3, 0.4) is 0 Å². The summed E-state index contributed by atoms with van der Waals surface area (Å²) in [6, 6.07) is 3.80. The van der Waals surface area contributed by atoms with Crippen molar-refractivity contribution in [2.24, 2.45) is 29.4 Å². The number of tetrazole rings is 1. The number of ketones is 1. The van der Waals surface area contributed by atoms with Crippen molar-refractivity contribution >= 4 is 35.3 Å². The number of likely N-dealkylation sites (tertiary alicyclic amines) is 1. The minimum atomic E-state index is -1.31. The van der Waals surface area contributed by atoms with E-state index >= 15 is 0 Å². The normalized spacial score (nSPS) is 20.8. The van der Waals surface area contributed by atoms with Gasteiger partial charge in [0.05, 0.1) is 6.04 Å². The van der Waals surface area contributed by atoms with E-state index in [0.29, 0.717) is 38.1 Å². The van der Waals surface area contributed by atoms with E-state index < -0.39 is 65.7 Å². The lowest BCUT2D eigenvalue weighted by molar-refractivity contribution is -0.145. The molecule has 3 unspecified atom stereocenters. The molecule has 8 atom stereocenters. The number of fused-ring (bicyclic) bond motifs is 1. The fraction of sp³-hybridized carbons (Fsp3) is 0.658. The minimum Gasteiger partial charge on any atom is -0.344 e. The molecule has 7 N–H and O–H groups in total. The highest BCUT2D eigenvalue weighted by Gasteiger charge is 2.51. The summed E-state index contributed by atoms with van der Waals surface area (Å²) in [4.78, 5) is 83.5. The topological polar surface area (TPSA) is 234 Å². The van der Waals surface area contributed by atoms with Crippen molar-refractivity contribution in [2.75, 3.05) is 6.54 Å². The number of aryl methyl sites for hydroxylation is 1. The number of nitrogens with zero attached hydrogens (tertiary/aromatic N) is 4. The number of H-pyrrole nitrogens is 1. The first-order valence-electron chi connectivity index (χ1n) is 19.3. The standard InChI is InChI=1S/C38H58N10O6/c1-7-27(39)32(34(50)37(53)40-23(6)24-14-9-8-10-15-24)43-36(52)33-26-17-13-16-25(26)20-48(33)38(54)31(22(4)5)42-35(51)30(21(2)3)41-29(49)19-12-11-18-28-44-46-47-45-28/h8-10,14-15,21-23,25-27,30-33H,7,11-13,16-20,39H2,1-6H3,(H,40,53)(H,41,49)(H,42,51)(H,43,52)(H,44,45,46,47)/t23-,25?,26?,27+,30-,31-,32?,33-/m0/s1. The molecule has 16 heteroatoms. The Bertz CT molecular complexity index is 1590. The summed E-state index contributed by atoms with van der Waals surface area (Å²) < 4.78 is 0. The quantitative estimate of drug-likeness (QED) is 0.0894. The first-order valence-corrected chi connectivity index (χ1v) is 19.3. The first-order chi connectivity index (χ1) is 25.7. The second-order valence-electron chi connectivity index (χ2n) is 15.4. The van der Waals surface area contributed by atoms with Crippen LogP contribution in [-0.4, -0.2) is 97.6 Å². The molecule has 2 heterocycles. The summed E-state index contributed by atoms with van der Waals surface area (Å²) in [5.41, 5.74) is 7.16. The maximum atomic E-state index is 14.4. The largest absolute Gasteiger partial charge is 0.344 e. The fourth-order valence-corrected chi connectivity index (χ4v) is 7.52. The number of aromatic nitrogens is 4. The first kappa shape index (κ1) is 42.0. The number of benzene rings is 1. The molecule has 1 saturated heterocycles. The molecule has 0 spiro atoms. The summed E-state index contributed by atoms with van der Waals surface area (Å²) in [6.07, 6.45) is 4.77. The van der Waals surface area contributed by atoms with Crippen LogP contribution in [0.2, 0.25) is 0 Å². The zero-order valence-corrected chi connectivity index (χ0v) is 32.3. The van der Waals surface area contributed by atoms with Crippen LogP contribution in [0.4, 0.5) is 0 Å². The van der Waals surface area contributed by atoms with E-state index in [9.17, 15) is 28.8 Å². The number of nitrogens with one attached hydrogen (secondary N) is 5. The van der Waals surface area contributed by atoms with Gasteiger partial charge in [0.15, 0.2) is 5.82 Å². The summed E-state index contributed by atoms with van der Waals surface area (Å²) in [5.74, 6) is -3.61. The average molecular weight is 751 g/mol. The van der Waals surface area contributed by atoms with Gasteiger partial charge in [0.2, 0.25) is 29.4 Å². The second-order valence-corrected chi connectivity index (χ2v) is 15.4. The predicted molar refractivity (Wildman–Crippen MR) is 200 cm³/mol. The third-order valence-corrected chi connectivity index (χ3v) is 10.7. The second kappa shape index (κ2) is 19.6. The summed E-state index contributed by atoms with van der Waals surface area (Å²) in [5, 5.41) is 25.0. The SMILES string of the molecule is CC[C@@H](N)C(NC(=O)[C@@H]1C2CCCC2CN1C(=O)[C@@H](NC(=O)[C@@H](NC(=O)CCCCc1nn[nH]n1)C(C)C)C(C)C)C(=O)C(=O)N[C@@H](C)c1ccccc1. The summed E-state index contributed by atoms with van der Waals surface area (Å²) in [7, 11) is 0. The Morgan fingerprint density at radius 2 is 1.59 bits per heavy atom. The van der Waals surface area contributed by atoms with Crippen LogP contribution in [0.5, 0.6) is 0 Å². The van der Waals surface area contributed by atoms with Gasteiger partial charge in [0, 0.05) is 25.4 Å². The average Bonchev–Trinajstić information content (AvgIpc) is 3.91. The van der Waals surface area contributed by atoms with Gasteiger partial charge in [-0.3, -0.25) is 28.8 Å². The van der Waals surface area contributed by atoms with Crippen LogP contribution in [-0.2, 0) is 35.2 Å². The van der Waals surface area contributed by atoms with Crippen LogP contribution in [0.1, 0.15) is 104 Å². The monoisotopic (exact) mass is 750 g/mol.